The number of esters is 1. The number of rotatable bonds is 6. The molecule has 0 atom stereocenters. The quantitative estimate of drug-likeness (QED) is 0.592. The van der Waals surface area contributed by atoms with E-state index in [2.05, 4.69) is 10.6 Å². The summed E-state index contributed by atoms with van der Waals surface area (Å²) >= 11 is 5.78. The Morgan fingerprint density at radius 1 is 0.793 bits per heavy atom. The summed E-state index contributed by atoms with van der Waals surface area (Å²) in [5.74, 6) is -1.58. The minimum absolute atomic E-state index is 0.282. The molecule has 0 fully saturated rings. The van der Waals surface area contributed by atoms with Crippen molar-refractivity contribution in [2.75, 3.05) is 17.2 Å². The van der Waals surface area contributed by atoms with Crippen molar-refractivity contribution in [2.45, 2.75) is 0 Å². The second-order valence-electron chi connectivity index (χ2n) is 6.00. The lowest BCUT2D eigenvalue weighted by Crippen LogP contribution is -2.23. The molecule has 2 N–H and O–H groups in total. The van der Waals surface area contributed by atoms with Gasteiger partial charge in [0.05, 0.1) is 16.8 Å². The minimum atomic E-state index is -0.646. The molecule has 0 aliphatic carbocycles. The van der Waals surface area contributed by atoms with E-state index < -0.39 is 18.5 Å². The van der Waals surface area contributed by atoms with Crippen molar-refractivity contribution in [3.05, 3.63) is 95.0 Å². The SMILES string of the molecule is O=C(COC(=O)c1ccc(Cl)cc1)Nc1ccccc1C(=O)Nc1ccccc1. The lowest BCUT2D eigenvalue weighted by molar-refractivity contribution is -0.119. The first-order chi connectivity index (χ1) is 14.0. The number of nitrogens with one attached hydrogen (secondary N) is 2. The van der Waals surface area contributed by atoms with Crippen LogP contribution in [0.2, 0.25) is 5.02 Å². The number of benzene rings is 3. The highest BCUT2D eigenvalue weighted by molar-refractivity contribution is 6.30. The molecule has 0 saturated heterocycles. The van der Waals surface area contributed by atoms with Gasteiger partial charge in [-0.2, -0.15) is 0 Å². The average Bonchev–Trinajstić information content (AvgIpc) is 2.73. The van der Waals surface area contributed by atoms with Crippen molar-refractivity contribution >= 4 is 40.8 Å². The van der Waals surface area contributed by atoms with Crippen molar-refractivity contribution < 1.29 is 19.1 Å². The number of anilines is 2. The molecule has 0 aliphatic heterocycles. The van der Waals surface area contributed by atoms with E-state index >= 15 is 0 Å². The van der Waals surface area contributed by atoms with Crippen molar-refractivity contribution in [1.82, 2.24) is 0 Å². The van der Waals surface area contributed by atoms with Crippen LogP contribution in [0, 0.1) is 0 Å². The van der Waals surface area contributed by atoms with Gasteiger partial charge < -0.3 is 15.4 Å². The van der Waals surface area contributed by atoms with E-state index in [1.807, 2.05) is 6.07 Å². The monoisotopic (exact) mass is 408 g/mol. The topological polar surface area (TPSA) is 84.5 Å². The number of hydrogen-bond acceptors (Lipinski definition) is 4. The predicted molar refractivity (Wildman–Crippen MR) is 111 cm³/mol. The van der Waals surface area contributed by atoms with Gasteiger partial charge in [-0.05, 0) is 48.5 Å². The van der Waals surface area contributed by atoms with Gasteiger partial charge in [0.1, 0.15) is 0 Å². The Morgan fingerprint density at radius 2 is 1.45 bits per heavy atom. The third-order valence-electron chi connectivity index (χ3n) is 3.89. The fourth-order valence-corrected chi connectivity index (χ4v) is 2.62. The second-order valence-corrected chi connectivity index (χ2v) is 6.43. The number of carbonyl (C=O) groups excluding carboxylic acids is 3. The Hall–Kier alpha value is -3.64. The first kappa shape index (κ1) is 20.1. The molecule has 0 aromatic heterocycles. The highest BCUT2D eigenvalue weighted by atomic mass is 35.5. The fourth-order valence-electron chi connectivity index (χ4n) is 2.50. The Morgan fingerprint density at radius 3 is 2.17 bits per heavy atom. The average molecular weight is 409 g/mol. The molecular weight excluding hydrogens is 392 g/mol. The van der Waals surface area contributed by atoms with Crippen LogP contribution in [0.3, 0.4) is 0 Å². The molecular formula is C22H17ClN2O4. The van der Waals surface area contributed by atoms with Crippen LogP contribution in [0.5, 0.6) is 0 Å². The summed E-state index contributed by atoms with van der Waals surface area (Å²) in [6.07, 6.45) is 0. The molecule has 0 radical (unpaired) electrons. The van der Waals surface area contributed by atoms with E-state index in [-0.39, 0.29) is 17.0 Å². The van der Waals surface area contributed by atoms with E-state index in [0.29, 0.717) is 16.4 Å². The first-order valence-electron chi connectivity index (χ1n) is 8.71. The van der Waals surface area contributed by atoms with Crippen molar-refractivity contribution in [1.29, 1.82) is 0 Å². The molecule has 6 nitrogen and oxygen atoms in total. The molecule has 0 unspecified atom stereocenters. The maximum atomic E-state index is 12.5. The van der Waals surface area contributed by atoms with Crippen LogP contribution < -0.4 is 10.6 Å². The second kappa shape index (κ2) is 9.52. The van der Waals surface area contributed by atoms with Crippen LogP contribution in [-0.4, -0.2) is 24.4 Å². The van der Waals surface area contributed by atoms with Crippen molar-refractivity contribution in [3.63, 3.8) is 0 Å². The summed E-state index contributed by atoms with van der Waals surface area (Å²) in [5, 5.41) is 5.85. The molecule has 29 heavy (non-hydrogen) atoms. The van der Waals surface area contributed by atoms with Crippen LogP contribution in [0.4, 0.5) is 11.4 Å². The standard InChI is InChI=1S/C22H17ClN2O4/c23-16-12-10-15(11-13-16)22(28)29-14-20(26)25-19-9-5-4-8-18(19)21(27)24-17-6-2-1-3-7-17/h1-13H,14H2,(H,24,27)(H,25,26). The zero-order valence-corrected chi connectivity index (χ0v) is 16.0. The van der Waals surface area contributed by atoms with E-state index in [1.165, 1.54) is 12.1 Å². The van der Waals surface area contributed by atoms with Gasteiger partial charge in [0.15, 0.2) is 6.61 Å². The normalized spacial score (nSPS) is 10.1. The van der Waals surface area contributed by atoms with Gasteiger partial charge in [-0.1, -0.05) is 41.9 Å². The Balaban J connectivity index is 1.61. The lowest BCUT2D eigenvalue weighted by Gasteiger charge is -2.12. The van der Waals surface area contributed by atoms with Crippen LogP contribution in [0.1, 0.15) is 20.7 Å². The number of halogens is 1. The number of amides is 2. The summed E-state index contributed by atoms with van der Waals surface area (Å²) in [6, 6.07) is 21.7. The molecule has 0 saturated carbocycles. The third-order valence-corrected chi connectivity index (χ3v) is 4.14. The maximum Gasteiger partial charge on any atom is 0.338 e. The predicted octanol–water partition coefficient (Wildman–Crippen LogP) is 4.39. The van der Waals surface area contributed by atoms with Gasteiger partial charge in [0.25, 0.3) is 11.8 Å². The summed E-state index contributed by atoms with van der Waals surface area (Å²) < 4.78 is 5.00. The lowest BCUT2D eigenvalue weighted by atomic mass is 10.1. The van der Waals surface area contributed by atoms with Gasteiger partial charge >= 0.3 is 5.97 Å². The molecule has 0 bridgehead atoms. The van der Waals surface area contributed by atoms with Gasteiger partial charge in [0, 0.05) is 10.7 Å². The zero-order chi connectivity index (χ0) is 20.6. The summed E-state index contributed by atoms with van der Waals surface area (Å²) in [4.78, 5) is 36.7. The molecule has 0 heterocycles. The fraction of sp³-hybridized carbons (Fsp3) is 0.0455. The molecule has 3 rings (SSSR count). The zero-order valence-electron chi connectivity index (χ0n) is 15.2. The molecule has 0 spiro atoms. The summed E-state index contributed by atoms with van der Waals surface area (Å²) in [5.41, 5.74) is 1.52. The van der Waals surface area contributed by atoms with E-state index in [1.54, 1.807) is 60.7 Å². The number of carbonyl (C=O) groups is 3. The number of ether oxygens (including phenoxy) is 1. The van der Waals surface area contributed by atoms with Crippen LogP contribution in [0.15, 0.2) is 78.9 Å². The number of hydrogen-bond donors (Lipinski definition) is 2. The first-order valence-corrected chi connectivity index (χ1v) is 9.09. The van der Waals surface area contributed by atoms with Gasteiger partial charge in [-0.25, -0.2) is 4.79 Å². The van der Waals surface area contributed by atoms with Crippen LogP contribution in [0.25, 0.3) is 0 Å². The largest absolute Gasteiger partial charge is 0.452 e. The Kier molecular flexibility index (Phi) is 6.60. The highest BCUT2D eigenvalue weighted by Gasteiger charge is 2.15. The van der Waals surface area contributed by atoms with E-state index in [9.17, 15) is 14.4 Å². The third kappa shape index (κ3) is 5.67. The minimum Gasteiger partial charge on any atom is -0.452 e. The highest BCUT2D eigenvalue weighted by Crippen LogP contribution is 2.17. The Bertz CT molecular complexity index is 1020. The summed E-state index contributed by atoms with van der Waals surface area (Å²) in [6.45, 7) is -0.490. The van der Waals surface area contributed by atoms with Gasteiger partial charge in [0.2, 0.25) is 0 Å². The molecule has 146 valence electrons. The molecule has 0 aliphatic rings. The van der Waals surface area contributed by atoms with Crippen LogP contribution >= 0.6 is 11.6 Å². The van der Waals surface area contributed by atoms with Crippen molar-refractivity contribution in [2.24, 2.45) is 0 Å². The van der Waals surface area contributed by atoms with Crippen molar-refractivity contribution in [3.8, 4) is 0 Å². The molecule has 2 amide bonds. The van der Waals surface area contributed by atoms with E-state index in [0.717, 1.165) is 0 Å². The number of para-hydroxylation sites is 2. The maximum absolute atomic E-state index is 12.5. The molecule has 3 aromatic rings. The van der Waals surface area contributed by atoms with E-state index in [4.69, 9.17) is 16.3 Å². The van der Waals surface area contributed by atoms with Crippen LogP contribution in [-0.2, 0) is 9.53 Å². The van der Waals surface area contributed by atoms with Gasteiger partial charge in [-0.3, -0.25) is 9.59 Å². The van der Waals surface area contributed by atoms with Gasteiger partial charge in [-0.15, -0.1) is 0 Å². The summed E-state index contributed by atoms with van der Waals surface area (Å²) in [7, 11) is 0. The smallest absolute Gasteiger partial charge is 0.338 e. The molecule has 3 aromatic carbocycles. The molecule has 7 heteroatoms. The Labute approximate surface area is 172 Å².